The Hall–Kier alpha value is -2.62. The fourth-order valence-electron chi connectivity index (χ4n) is 2.32. The number of amides is 1. The molecule has 1 heterocycles. The van der Waals surface area contributed by atoms with E-state index in [1.54, 1.807) is 18.2 Å². The summed E-state index contributed by atoms with van der Waals surface area (Å²) in [5.41, 5.74) is 3.23. The Labute approximate surface area is 122 Å². The number of fused-ring (bicyclic) bond motifs is 1. The van der Waals surface area contributed by atoms with Crippen LogP contribution in [0.4, 0.5) is 5.69 Å². The zero-order valence-corrected chi connectivity index (χ0v) is 11.5. The first-order chi connectivity index (χ1) is 10.2. The van der Waals surface area contributed by atoms with Gasteiger partial charge in [0.1, 0.15) is 6.61 Å². The summed E-state index contributed by atoms with van der Waals surface area (Å²) in [5, 5.41) is 2.79. The molecule has 21 heavy (non-hydrogen) atoms. The molecule has 3 rings (SSSR count). The zero-order valence-electron chi connectivity index (χ0n) is 11.5. The summed E-state index contributed by atoms with van der Waals surface area (Å²) in [7, 11) is 0. The molecule has 1 aliphatic heterocycles. The highest BCUT2D eigenvalue weighted by Crippen LogP contribution is 2.24. The molecule has 1 aliphatic rings. The molecular weight excluding hydrogens is 266 g/mol. The average molecular weight is 281 g/mol. The van der Waals surface area contributed by atoms with Crippen LogP contribution in [-0.4, -0.2) is 11.9 Å². The van der Waals surface area contributed by atoms with Crippen LogP contribution in [-0.2, 0) is 22.6 Å². The van der Waals surface area contributed by atoms with Crippen LogP contribution < -0.4 is 5.32 Å². The van der Waals surface area contributed by atoms with Gasteiger partial charge in [-0.3, -0.25) is 4.79 Å². The van der Waals surface area contributed by atoms with E-state index in [2.05, 4.69) is 5.32 Å². The van der Waals surface area contributed by atoms with E-state index in [1.165, 1.54) is 0 Å². The molecule has 4 heteroatoms. The minimum Gasteiger partial charge on any atom is -0.457 e. The van der Waals surface area contributed by atoms with E-state index in [1.807, 2.05) is 30.3 Å². The number of hydrogen-bond donors (Lipinski definition) is 1. The zero-order chi connectivity index (χ0) is 14.7. The highest BCUT2D eigenvalue weighted by molar-refractivity contribution is 5.96. The molecule has 0 bridgehead atoms. The lowest BCUT2D eigenvalue weighted by atomic mass is 10.0. The third-order valence-corrected chi connectivity index (χ3v) is 3.45. The number of rotatable bonds is 3. The van der Waals surface area contributed by atoms with Crippen molar-refractivity contribution in [3.8, 4) is 0 Å². The third kappa shape index (κ3) is 3.11. The van der Waals surface area contributed by atoms with Crippen LogP contribution in [0.3, 0.4) is 0 Å². The third-order valence-electron chi connectivity index (χ3n) is 3.45. The summed E-state index contributed by atoms with van der Waals surface area (Å²) in [6, 6.07) is 14.8. The lowest BCUT2D eigenvalue weighted by Crippen LogP contribution is -2.19. The monoisotopic (exact) mass is 281 g/mol. The van der Waals surface area contributed by atoms with Crippen molar-refractivity contribution in [1.29, 1.82) is 0 Å². The van der Waals surface area contributed by atoms with Crippen LogP contribution in [0.25, 0.3) is 0 Å². The van der Waals surface area contributed by atoms with Crippen molar-refractivity contribution in [2.24, 2.45) is 0 Å². The number of aryl methyl sites for hydroxylation is 1. The van der Waals surface area contributed by atoms with Crippen LogP contribution >= 0.6 is 0 Å². The Kier molecular flexibility index (Phi) is 3.69. The fourth-order valence-corrected chi connectivity index (χ4v) is 2.32. The maximum Gasteiger partial charge on any atom is 0.338 e. The molecule has 106 valence electrons. The van der Waals surface area contributed by atoms with Crippen LogP contribution in [0, 0.1) is 0 Å². The van der Waals surface area contributed by atoms with Crippen molar-refractivity contribution in [2.45, 2.75) is 19.4 Å². The van der Waals surface area contributed by atoms with Crippen LogP contribution in [0.5, 0.6) is 0 Å². The van der Waals surface area contributed by atoms with Gasteiger partial charge in [-0.1, -0.05) is 30.3 Å². The van der Waals surface area contributed by atoms with E-state index >= 15 is 0 Å². The molecular formula is C17H15NO3. The van der Waals surface area contributed by atoms with Gasteiger partial charge < -0.3 is 10.1 Å². The van der Waals surface area contributed by atoms with Gasteiger partial charge in [0.2, 0.25) is 5.91 Å². The number of esters is 1. The van der Waals surface area contributed by atoms with Gasteiger partial charge in [-0.25, -0.2) is 4.79 Å². The molecule has 0 aliphatic carbocycles. The molecule has 1 N–H and O–H groups in total. The number of nitrogens with one attached hydrogen (secondary N) is 1. The van der Waals surface area contributed by atoms with E-state index in [0.717, 1.165) is 16.8 Å². The molecule has 0 saturated carbocycles. The van der Waals surface area contributed by atoms with Gasteiger partial charge in [0.05, 0.1) is 5.56 Å². The van der Waals surface area contributed by atoms with E-state index in [0.29, 0.717) is 18.4 Å². The number of hydrogen-bond acceptors (Lipinski definition) is 3. The smallest absolute Gasteiger partial charge is 0.338 e. The number of benzene rings is 2. The predicted octanol–water partition coefficient (Wildman–Crippen LogP) is 2.93. The second-order valence-corrected chi connectivity index (χ2v) is 4.98. The lowest BCUT2D eigenvalue weighted by Gasteiger charge is -2.17. The summed E-state index contributed by atoms with van der Waals surface area (Å²) in [6.45, 7) is 0.257. The van der Waals surface area contributed by atoms with Gasteiger partial charge >= 0.3 is 5.97 Å². The minimum absolute atomic E-state index is 0.0157. The van der Waals surface area contributed by atoms with Gasteiger partial charge in [-0.15, -0.1) is 0 Å². The second kappa shape index (κ2) is 5.79. The highest BCUT2D eigenvalue weighted by atomic mass is 16.5. The van der Waals surface area contributed by atoms with Crippen molar-refractivity contribution >= 4 is 17.6 Å². The Balaban J connectivity index is 1.69. The largest absolute Gasteiger partial charge is 0.457 e. The van der Waals surface area contributed by atoms with Crippen molar-refractivity contribution < 1.29 is 14.3 Å². The Morgan fingerprint density at radius 3 is 2.71 bits per heavy atom. The van der Waals surface area contributed by atoms with E-state index in [-0.39, 0.29) is 18.5 Å². The highest BCUT2D eigenvalue weighted by Gasteiger charge is 2.17. The quantitative estimate of drug-likeness (QED) is 0.880. The molecule has 0 saturated heterocycles. The van der Waals surface area contributed by atoms with Gasteiger partial charge in [0.25, 0.3) is 0 Å². The standard InChI is InChI=1S/C17H15NO3/c19-16-9-7-13-10-14(6-8-15(13)18-16)17(20)21-11-12-4-2-1-3-5-12/h1-6,8,10H,7,9,11H2,(H,18,19). The molecule has 4 nitrogen and oxygen atoms in total. The number of ether oxygens (including phenoxy) is 1. The normalized spacial score (nSPS) is 13.2. The summed E-state index contributed by atoms with van der Waals surface area (Å²) >= 11 is 0. The van der Waals surface area contributed by atoms with Crippen molar-refractivity contribution in [3.05, 3.63) is 65.2 Å². The molecule has 0 radical (unpaired) electrons. The van der Waals surface area contributed by atoms with Crippen LogP contribution in [0.2, 0.25) is 0 Å². The van der Waals surface area contributed by atoms with E-state index in [9.17, 15) is 9.59 Å². The second-order valence-electron chi connectivity index (χ2n) is 4.98. The van der Waals surface area contributed by atoms with Crippen LogP contribution in [0.15, 0.2) is 48.5 Å². The average Bonchev–Trinajstić information content (AvgIpc) is 2.53. The topological polar surface area (TPSA) is 55.4 Å². The maximum atomic E-state index is 12.1. The summed E-state index contributed by atoms with van der Waals surface area (Å²) in [5.74, 6) is -0.333. The predicted molar refractivity (Wildman–Crippen MR) is 79.0 cm³/mol. The number of anilines is 1. The Morgan fingerprint density at radius 1 is 1.10 bits per heavy atom. The molecule has 0 atom stereocenters. The van der Waals surface area contributed by atoms with Gasteiger partial charge in [0.15, 0.2) is 0 Å². The molecule has 0 unspecified atom stereocenters. The lowest BCUT2D eigenvalue weighted by molar-refractivity contribution is -0.116. The Bertz CT molecular complexity index is 680. The first-order valence-corrected chi connectivity index (χ1v) is 6.86. The molecule has 0 fully saturated rings. The Morgan fingerprint density at radius 2 is 1.90 bits per heavy atom. The first kappa shape index (κ1) is 13.4. The first-order valence-electron chi connectivity index (χ1n) is 6.86. The fraction of sp³-hybridized carbons (Fsp3) is 0.176. The van der Waals surface area contributed by atoms with Gasteiger partial charge in [0, 0.05) is 12.1 Å². The van der Waals surface area contributed by atoms with Crippen molar-refractivity contribution in [3.63, 3.8) is 0 Å². The molecule has 2 aromatic rings. The number of carbonyl (C=O) groups excluding carboxylic acids is 2. The van der Waals surface area contributed by atoms with E-state index in [4.69, 9.17) is 4.74 Å². The summed E-state index contributed by atoms with van der Waals surface area (Å²) in [6.07, 6.45) is 1.11. The molecule has 1 amide bonds. The summed E-state index contributed by atoms with van der Waals surface area (Å²) in [4.78, 5) is 23.4. The van der Waals surface area contributed by atoms with E-state index < -0.39 is 0 Å². The van der Waals surface area contributed by atoms with Crippen molar-refractivity contribution in [2.75, 3.05) is 5.32 Å². The van der Waals surface area contributed by atoms with Gasteiger partial charge in [-0.2, -0.15) is 0 Å². The van der Waals surface area contributed by atoms with Crippen molar-refractivity contribution in [1.82, 2.24) is 0 Å². The summed E-state index contributed by atoms with van der Waals surface area (Å²) < 4.78 is 5.30. The molecule has 0 spiro atoms. The van der Waals surface area contributed by atoms with Gasteiger partial charge in [-0.05, 0) is 35.7 Å². The molecule has 0 aromatic heterocycles. The number of carbonyl (C=O) groups is 2. The maximum absolute atomic E-state index is 12.1. The van der Waals surface area contributed by atoms with Crippen LogP contribution in [0.1, 0.15) is 27.9 Å². The minimum atomic E-state index is -0.349. The molecule has 2 aromatic carbocycles. The SMILES string of the molecule is O=C1CCc2cc(C(=O)OCc3ccccc3)ccc2N1.